The number of likely N-dealkylation sites (tertiary alicyclic amines) is 1. The molecule has 0 aliphatic carbocycles. The van der Waals surface area contributed by atoms with Crippen LogP contribution in [0.15, 0.2) is 30.3 Å². The lowest BCUT2D eigenvalue weighted by atomic mass is 10.2. The molecule has 98 valence electrons. The van der Waals surface area contributed by atoms with Gasteiger partial charge in [-0.1, -0.05) is 30.3 Å². The highest BCUT2D eigenvalue weighted by Crippen LogP contribution is 2.17. The molecule has 1 amide bonds. The van der Waals surface area contributed by atoms with Crippen molar-refractivity contribution >= 4 is 6.09 Å². The summed E-state index contributed by atoms with van der Waals surface area (Å²) in [6.07, 6.45) is -2.19. The summed E-state index contributed by atoms with van der Waals surface area (Å²) in [6, 6.07) is 9.37. The topological polar surface area (TPSA) is 38.8 Å². The van der Waals surface area contributed by atoms with Gasteiger partial charge in [0.15, 0.2) is 0 Å². The lowest BCUT2D eigenvalue weighted by Crippen LogP contribution is -2.30. The van der Waals surface area contributed by atoms with Gasteiger partial charge in [-0.3, -0.25) is 0 Å². The second kappa shape index (κ2) is 5.82. The molecule has 18 heavy (non-hydrogen) atoms. The highest BCUT2D eigenvalue weighted by Gasteiger charge is 2.36. The Morgan fingerprint density at radius 2 is 2.11 bits per heavy atom. The van der Waals surface area contributed by atoms with Crippen molar-refractivity contribution in [1.29, 1.82) is 0 Å². The zero-order valence-corrected chi connectivity index (χ0v) is 10.2. The van der Waals surface area contributed by atoms with Crippen LogP contribution in [0.2, 0.25) is 0 Å². The molecule has 2 atom stereocenters. The van der Waals surface area contributed by atoms with E-state index in [2.05, 4.69) is 0 Å². The van der Waals surface area contributed by atoms with Crippen molar-refractivity contribution < 1.29 is 18.7 Å². The predicted molar refractivity (Wildman–Crippen MR) is 63.9 cm³/mol. The van der Waals surface area contributed by atoms with E-state index in [9.17, 15) is 9.18 Å². The average molecular weight is 253 g/mol. The molecule has 1 fully saturated rings. The summed E-state index contributed by atoms with van der Waals surface area (Å²) < 4.78 is 23.4. The molecule has 0 N–H and O–H groups in total. The van der Waals surface area contributed by atoms with E-state index in [1.165, 1.54) is 12.0 Å². The Balaban J connectivity index is 1.82. The van der Waals surface area contributed by atoms with Gasteiger partial charge in [-0.25, -0.2) is 9.18 Å². The molecule has 0 bridgehead atoms. The fraction of sp³-hybridized carbons (Fsp3) is 0.462. The number of alkyl halides is 1. The summed E-state index contributed by atoms with van der Waals surface area (Å²) >= 11 is 0. The largest absolute Gasteiger partial charge is 0.445 e. The van der Waals surface area contributed by atoms with E-state index in [0.717, 1.165) is 5.56 Å². The minimum Gasteiger partial charge on any atom is -0.445 e. The molecule has 1 aliphatic heterocycles. The number of carbonyl (C=O) groups excluding carboxylic acids is 1. The van der Waals surface area contributed by atoms with Gasteiger partial charge in [-0.15, -0.1) is 0 Å². The summed E-state index contributed by atoms with van der Waals surface area (Å²) in [7, 11) is 1.44. The van der Waals surface area contributed by atoms with Crippen LogP contribution < -0.4 is 0 Å². The average Bonchev–Trinajstić information content (AvgIpc) is 2.78. The molecular formula is C13H16FNO3. The number of methoxy groups -OCH3 is 1. The number of amides is 1. The van der Waals surface area contributed by atoms with Gasteiger partial charge in [0.05, 0.1) is 13.1 Å². The minimum absolute atomic E-state index is 0.0339. The van der Waals surface area contributed by atoms with Gasteiger partial charge in [-0.05, 0) is 5.56 Å². The van der Waals surface area contributed by atoms with Gasteiger partial charge in [-0.2, -0.15) is 0 Å². The molecule has 0 spiro atoms. The Labute approximate surface area is 105 Å². The Kier molecular flexibility index (Phi) is 4.15. The van der Waals surface area contributed by atoms with Crippen molar-refractivity contribution in [2.75, 3.05) is 20.2 Å². The first-order valence-electron chi connectivity index (χ1n) is 5.83. The highest BCUT2D eigenvalue weighted by molar-refractivity contribution is 5.68. The molecule has 1 saturated heterocycles. The SMILES string of the molecule is CO[C@H]1CN(C(=O)OCc2ccccc2)C[C@@H]1F. The van der Waals surface area contributed by atoms with Gasteiger partial charge in [0.2, 0.25) is 0 Å². The van der Waals surface area contributed by atoms with Crippen LogP contribution in [0.4, 0.5) is 9.18 Å². The first kappa shape index (κ1) is 12.8. The number of ether oxygens (including phenoxy) is 2. The number of hydrogen-bond acceptors (Lipinski definition) is 3. The Morgan fingerprint density at radius 3 is 2.72 bits per heavy atom. The van der Waals surface area contributed by atoms with E-state index < -0.39 is 18.4 Å². The summed E-state index contributed by atoms with van der Waals surface area (Å²) in [5.74, 6) is 0. The maximum atomic E-state index is 13.4. The fourth-order valence-electron chi connectivity index (χ4n) is 1.92. The van der Waals surface area contributed by atoms with Gasteiger partial charge in [0.25, 0.3) is 0 Å². The molecule has 5 heteroatoms. The Morgan fingerprint density at radius 1 is 1.39 bits per heavy atom. The molecule has 1 aromatic rings. The molecule has 1 aromatic carbocycles. The molecule has 1 aliphatic rings. The van der Waals surface area contributed by atoms with E-state index in [1.54, 1.807) is 0 Å². The van der Waals surface area contributed by atoms with E-state index in [0.29, 0.717) is 0 Å². The number of carbonyl (C=O) groups is 1. The maximum Gasteiger partial charge on any atom is 0.410 e. The zero-order chi connectivity index (χ0) is 13.0. The van der Waals surface area contributed by atoms with Crippen molar-refractivity contribution in [1.82, 2.24) is 4.90 Å². The zero-order valence-electron chi connectivity index (χ0n) is 10.2. The third kappa shape index (κ3) is 2.98. The normalized spacial score (nSPS) is 23.1. The number of halogens is 1. The summed E-state index contributed by atoms with van der Waals surface area (Å²) in [5.41, 5.74) is 0.908. The fourth-order valence-corrected chi connectivity index (χ4v) is 1.92. The minimum atomic E-state index is -1.14. The lowest BCUT2D eigenvalue weighted by molar-refractivity contribution is 0.0602. The second-order valence-electron chi connectivity index (χ2n) is 4.24. The summed E-state index contributed by atoms with van der Waals surface area (Å²) in [4.78, 5) is 13.0. The van der Waals surface area contributed by atoms with Crippen LogP contribution in [0.25, 0.3) is 0 Å². The van der Waals surface area contributed by atoms with Crippen molar-refractivity contribution in [3.8, 4) is 0 Å². The van der Waals surface area contributed by atoms with Crippen LogP contribution in [-0.4, -0.2) is 43.5 Å². The first-order valence-corrected chi connectivity index (χ1v) is 5.83. The first-order chi connectivity index (χ1) is 8.70. The molecule has 0 aromatic heterocycles. The standard InChI is InChI=1S/C13H16FNO3/c1-17-12-8-15(7-11(12)14)13(16)18-9-10-5-3-2-4-6-10/h2-6,11-12H,7-9H2,1H3/t11-,12-/m0/s1. The molecule has 4 nitrogen and oxygen atoms in total. The van der Waals surface area contributed by atoms with Crippen LogP contribution in [0, 0.1) is 0 Å². The van der Waals surface area contributed by atoms with E-state index in [4.69, 9.17) is 9.47 Å². The summed E-state index contributed by atoms with van der Waals surface area (Å²) in [5, 5.41) is 0. The number of hydrogen-bond donors (Lipinski definition) is 0. The van der Waals surface area contributed by atoms with E-state index >= 15 is 0 Å². The lowest BCUT2D eigenvalue weighted by Gasteiger charge is -2.15. The van der Waals surface area contributed by atoms with Gasteiger partial charge >= 0.3 is 6.09 Å². The third-order valence-electron chi connectivity index (χ3n) is 2.96. The van der Waals surface area contributed by atoms with Crippen molar-refractivity contribution in [3.63, 3.8) is 0 Å². The van der Waals surface area contributed by atoms with E-state index in [1.807, 2.05) is 30.3 Å². The smallest absolute Gasteiger partial charge is 0.410 e. The number of nitrogens with zero attached hydrogens (tertiary/aromatic N) is 1. The van der Waals surface area contributed by atoms with Gasteiger partial charge < -0.3 is 14.4 Å². The van der Waals surface area contributed by atoms with Gasteiger partial charge in [0, 0.05) is 7.11 Å². The predicted octanol–water partition coefficient (Wildman–Crippen LogP) is 1.99. The Bertz CT molecular complexity index is 398. The molecule has 1 heterocycles. The van der Waals surface area contributed by atoms with Gasteiger partial charge in [0.1, 0.15) is 18.9 Å². The molecule has 0 saturated carbocycles. The Hall–Kier alpha value is -1.62. The van der Waals surface area contributed by atoms with Crippen LogP contribution in [0.3, 0.4) is 0 Å². The number of rotatable bonds is 3. The molecular weight excluding hydrogens is 237 g/mol. The van der Waals surface area contributed by atoms with Crippen molar-refractivity contribution in [2.24, 2.45) is 0 Å². The highest BCUT2D eigenvalue weighted by atomic mass is 19.1. The van der Waals surface area contributed by atoms with Crippen molar-refractivity contribution in [3.05, 3.63) is 35.9 Å². The maximum absolute atomic E-state index is 13.4. The monoisotopic (exact) mass is 253 g/mol. The molecule has 0 radical (unpaired) electrons. The van der Waals surface area contributed by atoms with Crippen LogP contribution in [0.5, 0.6) is 0 Å². The van der Waals surface area contributed by atoms with Crippen LogP contribution >= 0.6 is 0 Å². The quantitative estimate of drug-likeness (QED) is 0.827. The van der Waals surface area contributed by atoms with Crippen LogP contribution in [-0.2, 0) is 16.1 Å². The van der Waals surface area contributed by atoms with Crippen molar-refractivity contribution in [2.45, 2.75) is 18.9 Å². The third-order valence-corrected chi connectivity index (χ3v) is 2.96. The summed E-state index contributed by atoms with van der Waals surface area (Å²) in [6.45, 7) is 0.474. The molecule has 2 rings (SSSR count). The second-order valence-corrected chi connectivity index (χ2v) is 4.24. The molecule has 0 unspecified atom stereocenters. The van der Waals surface area contributed by atoms with Crippen LogP contribution in [0.1, 0.15) is 5.56 Å². The van der Waals surface area contributed by atoms with E-state index in [-0.39, 0.29) is 19.7 Å². The number of benzene rings is 1.